The van der Waals surface area contributed by atoms with E-state index < -0.39 is 0 Å². The van der Waals surface area contributed by atoms with Crippen LogP contribution in [0.25, 0.3) is 0 Å². The molecule has 0 heterocycles. The van der Waals surface area contributed by atoms with Gasteiger partial charge in [-0.15, -0.1) is 0 Å². The summed E-state index contributed by atoms with van der Waals surface area (Å²) in [6.07, 6.45) is 18.5. The fourth-order valence-corrected chi connectivity index (χ4v) is 3.69. The zero-order valence-corrected chi connectivity index (χ0v) is 57.2. The monoisotopic (exact) mass is 1150 g/mol. The molecule has 0 aliphatic heterocycles. The highest BCUT2D eigenvalue weighted by Crippen LogP contribution is 1.98. The molecule has 0 aromatic rings. The molecule has 0 radical (unpaired) electrons. The van der Waals surface area contributed by atoms with E-state index in [1.165, 1.54) is 12.8 Å². The maximum Gasteiger partial charge on any atom is 0.306 e. The third-order valence-electron chi connectivity index (χ3n) is 7.53. The van der Waals surface area contributed by atoms with Crippen molar-refractivity contribution < 1.29 is 71.4 Å². The average Bonchev–Trinajstić information content (AvgIpc) is 3.48. The van der Waals surface area contributed by atoms with E-state index in [-0.39, 0.29) is 48.7 Å². The number of esters is 6. The molecular weight excluding hydrogens is 1010 g/mol. The van der Waals surface area contributed by atoms with Crippen LogP contribution in [0.1, 0.15) is 307 Å². The lowest BCUT2D eigenvalue weighted by molar-refractivity contribution is -0.150. The molecule has 0 unspecified atom stereocenters. The Balaban J connectivity index is -0.0000000645. The molecule has 0 spiro atoms. The van der Waals surface area contributed by atoms with Crippen LogP contribution < -0.4 is 0 Å². The van der Waals surface area contributed by atoms with Crippen LogP contribution in [0, 0.1) is 0 Å². The van der Waals surface area contributed by atoms with Gasteiger partial charge in [0.25, 0.3) is 0 Å². The second kappa shape index (κ2) is 122. The van der Waals surface area contributed by atoms with Gasteiger partial charge in [-0.2, -0.15) is 0 Å². The van der Waals surface area contributed by atoms with Crippen LogP contribution in [0.3, 0.4) is 0 Å². The molecule has 0 N–H and O–H groups in total. The van der Waals surface area contributed by atoms with Crippen LogP contribution in [0.4, 0.5) is 0 Å². The predicted molar refractivity (Wildman–Crippen MR) is 336 cm³/mol. The topological polar surface area (TPSA) is 185 Å². The summed E-state index contributed by atoms with van der Waals surface area (Å²) >= 11 is 0. The smallest absolute Gasteiger partial charge is 0.306 e. The number of rotatable bonds is 35. The fourth-order valence-electron chi connectivity index (χ4n) is 3.69. The van der Waals surface area contributed by atoms with Crippen LogP contribution in [0.2, 0.25) is 0 Å². The Hall–Kier alpha value is -3.30. The summed E-state index contributed by atoms with van der Waals surface area (Å²) in [5, 5.41) is 0. The first-order chi connectivity index (χ1) is 38.2. The minimum atomic E-state index is -0.333. The summed E-state index contributed by atoms with van der Waals surface area (Å²) < 4.78 is 44.3. The fraction of sp³-hybridized carbons (Fsp3) is 0.906. The van der Waals surface area contributed by atoms with Crippen molar-refractivity contribution in [1.29, 1.82) is 0 Å². The highest BCUT2D eigenvalue weighted by Gasteiger charge is 2.08. The number of unbranched alkanes of at least 4 members (excludes halogenated alkanes) is 2. The molecule has 0 saturated carbocycles. The Morgan fingerprint density at radius 1 is 0.203 bits per heavy atom. The Bertz CT molecular complexity index is 961. The Kier molecular flexibility index (Phi) is 161. The van der Waals surface area contributed by atoms with Crippen molar-refractivity contribution in [2.24, 2.45) is 0 Å². The van der Waals surface area contributed by atoms with Gasteiger partial charge in [-0.25, -0.2) is 0 Å². The van der Waals surface area contributed by atoms with Gasteiger partial charge in [0.05, 0.1) is 65.7 Å². The first kappa shape index (κ1) is 104. The van der Waals surface area contributed by atoms with Crippen molar-refractivity contribution in [3.63, 3.8) is 0 Å². The summed E-state index contributed by atoms with van der Waals surface area (Å²) in [7, 11) is 0. The van der Waals surface area contributed by atoms with E-state index in [2.05, 4.69) is 48.5 Å². The number of carbonyl (C=O) groups excluding carboxylic acids is 6. The lowest BCUT2D eigenvalue weighted by atomic mass is 10.2. The zero-order chi connectivity index (χ0) is 63.9. The second-order valence-corrected chi connectivity index (χ2v) is 15.6. The van der Waals surface area contributed by atoms with Crippen molar-refractivity contribution in [2.75, 3.05) is 79.3 Å². The number of hydrogen-bond donors (Lipinski definition) is 0. The first-order valence-corrected chi connectivity index (χ1v) is 31.8. The molecule has 0 rings (SSSR count). The summed E-state index contributed by atoms with van der Waals surface area (Å²) in [5.74, 6) is -0.963. The first-order valence-electron chi connectivity index (χ1n) is 31.8. The lowest BCUT2D eigenvalue weighted by Gasteiger charge is -2.03. The highest BCUT2D eigenvalue weighted by molar-refractivity contribution is 5.77. The third kappa shape index (κ3) is 160. The second-order valence-electron chi connectivity index (χ2n) is 15.6. The van der Waals surface area contributed by atoms with Crippen molar-refractivity contribution in [3.05, 3.63) is 0 Å². The van der Waals surface area contributed by atoms with E-state index in [0.717, 1.165) is 130 Å². The molecular formula is C64H140O15. The normalized spacial score (nSPS) is 8.66. The van der Waals surface area contributed by atoms with Gasteiger partial charge in [-0.3, -0.25) is 28.8 Å². The molecule has 0 aromatic heterocycles. The van der Waals surface area contributed by atoms with E-state index >= 15 is 0 Å². The van der Waals surface area contributed by atoms with Gasteiger partial charge in [-0.1, -0.05) is 185 Å². The van der Waals surface area contributed by atoms with E-state index in [0.29, 0.717) is 65.3 Å². The number of hydrogen-bond acceptors (Lipinski definition) is 15. The Morgan fingerprint density at radius 2 is 0.405 bits per heavy atom. The predicted octanol–water partition coefficient (Wildman–Crippen LogP) is 18.2. The SMILES string of the molecule is CC.CC.CC.CC.CCCC.CCCCC(=O)OCCC.CCCOC(=O)CC.CCCOC(=O)CCC.CCCOC(=O)CCC.CCCOC(=O)CCC(=O)OCCC.CCCOCCC.CCCOCCOCCC. The summed E-state index contributed by atoms with van der Waals surface area (Å²) in [4.78, 5) is 64.1. The molecule has 0 amide bonds. The highest BCUT2D eigenvalue weighted by atomic mass is 16.6. The number of carbonyl (C=O) groups is 6. The Labute approximate surface area is 492 Å². The Morgan fingerprint density at radius 3 is 0.595 bits per heavy atom. The molecule has 0 aliphatic rings. The molecule has 0 atom stereocenters. The van der Waals surface area contributed by atoms with Crippen molar-refractivity contribution in [2.45, 2.75) is 307 Å². The molecule has 0 aromatic carbocycles. The molecule has 486 valence electrons. The van der Waals surface area contributed by atoms with Crippen molar-refractivity contribution in [1.82, 2.24) is 0 Å². The van der Waals surface area contributed by atoms with Crippen LogP contribution >= 0.6 is 0 Å². The van der Waals surface area contributed by atoms with E-state index in [4.69, 9.17) is 42.6 Å². The maximum absolute atomic E-state index is 11.0. The van der Waals surface area contributed by atoms with E-state index in [9.17, 15) is 28.8 Å². The van der Waals surface area contributed by atoms with Crippen LogP contribution in [-0.4, -0.2) is 115 Å². The van der Waals surface area contributed by atoms with Gasteiger partial charge in [0.2, 0.25) is 0 Å². The van der Waals surface area contributed by atoms with Crippen LogP contribution in [-0.2, 0) is 71.4 Å². The van der Waals surface area contributed by atoms with Gasteiger partial charge in [0, 0.05) is 52.1 Å². The molecule has 15 heteroatoms. The standard InChI is InChI=1S/C10H18O4.C8H16O2.C8H18O2.2C7H14O2.C6H12O2.C6H14O.C4H10.4C2H6/c1-3-7-13-9(11)5-6-10(12)14-8-4-2;1-3-5-6-8(9)10-7-4-2;1-3-5-9-7-8-10-6-4-2;2*1-3-5-7(8)9-6-4-2;1-3-5-8-6(7)4-2;1-3-5-7-6-4-2;1-3-4-2;4*1-2/h3-8H2,1-2H3;3-7H2,1-2H3;3-8H2,1-2H3;2*3-6H2,1-2H3;3-5H2,1-2H3;3-6H2,1-2H3;3-4H2,1-2H3;4*1-2H3. The molecule has 0 fully saturated rings. The van der Waals surface area contributed by atoms with Gasteiger partial charge in [-0.05, 0) is 83.5 Å². The largest absolute Gasteiger partial charge is 0.466 e. The zero-order valence-electron chi connectivity index (χ0n) is 57.2. The van der Waals surface area contributed by atoms with Gasteiger partial charge in [0.1, 0.15) is 0 Å². The third-order valence-corrected chi connectivity index (χ3v) is 7.53. The molecule has 79 heavy (non-hydrogen) atoms. The summed E-state index contributed by atoms with van der Waals surface area (Å²) in [5.41, 5.74) is 0. The number of ether oxygens (including phenoxy) is 9. The minimum Gasteiger partial charge on any atom is -0.466 e. The quantitative estimate of drug-likeness (QED) is 0.0331. The lowest BCUT2D eigenvalue weighted by Crippen LogP contribution is -2.10. The molecule has 15 nitrogen and oxygen atoms in total. The van der Waals surface area contributed by atoms with E-state index in [1.807, 2.05) is 111 Å². The summed E-state index contributed by atoms with van der Waals surface area (Å²) in [6, 6.07) is 0. The summed E-state index contributed by atoms with van der Waals surface area (Å²) in [6.45, 7) is 56.5. The molecule has 0 bridgehead atoms. The van der Waals surface area contributed by atoms with E-state index in [1.54, 1.807) is 6.92 Å². The maximum atomic E-state index is 11.0. The van der Waals surface area contributed by atoms with Gasteiger partial charge in [0.15, 0.2) is 0 Å². The van der Waals surface area contributed by atoms with Crippen LogP contribution in [0.5, 0.6) is 0 Å². The molecule has 0 aliphatic carbocycles. The minimum absolute atomic E-state index is 0.0521. The van der Waals surface area contributed by atoms with Crippen LogP contribution in [0.15, 0.2) is 0 Å². The van der Waals surface area contributed by atoms with Gasteiger partial charge < -0.3 is 42.6 Å². The van der Waals surface area contributed by atoms with Crippen molar-refractivity contribution >= 4 is 35.8 Å². The molecule has 0 saturated heterocycles. The average molecular weight is 1150 g/mol. The van der Waals surface area contributed by atoms with Crippen molar-refractivity contribution in [3.8, 4) is 0 Å². The van der Waals surface area contributed by atoms with Gasteiger partial charge >= 0.3 is 35.8 Å².